The zero-order chi connectivity index (χ0) is 19.9. The highest BCUT2D eigenvalue weighted by molar-refractivity contribution is 7.98. The molecule has 27 heavy (non-hydrogen) atoms. The molecule has 0 radical (unpaired) electrons. The molecule has 1 N–H and O–H groups in total. The van der Waals surface area contributed by atoms with Gasteiger partial charge in [-0.05, 0) is 35.4 Å². The van der Waals surface area contributed by atoms with Crippen molar-refractivity contribution in [1.29, 1.82) is 0 Å². The van der Waals surface area contributed by atoms with Gasteiger partial charge < -0.3 is 4.74 Å². The van der Waals surface area contributed by atoms with Crippen molar-refractivity contribution in [2.75, 3.05) is 19.4 Å². The Balaban J connectivity index is 1.76. The summed E-state index contributed by atoms with van der Waals surface area (Å²) in [5.74, 6) is 0.738. The van der Waals surface area contributed by atoms with Gasteiger partial charge in [0.2, 0.25) is 10.0 Å². The second-order valence-corrected chi connectivity index (χ2v) is 9.37. The van der Waals surface area contributed by atoms with Crippen LogP contribution in [0.2, 0.25) is 10.0 Å². The normalized spacial score (nSPS) is 11.4. The van der Waals surface area contributed by atoms with Crippen LogP contribution in [-0.4, -0.2) is 33.8 Å². The molecule has 0 bridgehead atoms. The number of nitrogens with one attached hydrogen (secondary N) is 1. The van der Waals surface area contributed by atoms with Crippen molar-refractivity contribution in [3.8, 4) is 0 Å². The average molecular weight is 448 g/mol. The van der Waals surface area contributed by atoms with Crippen molar-refractivity contribution in [2.24, 2.45) is 0 Å². The Labute approximate surface area is 173 Å². The number of benzene rings is 2. The third-order valence-corrected chi connectivity index (χ3v) is 6.68. The lowest BCUT2D eigenvalue weighted by Gasteiger charge is -2.08. The fourth-order valence-electron chi connectivity index (χ4n) is 2.21. The summed E-state index contributed by atoms with van der Waals surface area (Å²) in [5.41, 5.74) is 2.01. The molecule has 0 aromatic heterocycles. The maximum absolute atomic E-state index is 12.1. The van der Waals surface area contributed by atoms with Crippen LogP contribution in [0.1, 0.15) is 21.5 Å². The van der Waals surface area contributed by atoms with Gasteiger partial charge in [0.1, 0.15) is 0 Å². The topological polar surface area (TPSA) is 72.5 Å². The predicted octanol–water partition coefficient (Wildman–Crippen LogP) is 4.13. The molecule has 0 amide bonds. The summed E-state index contributed by atoms with van der Waals surface area (Å²) >= 11 is 13.4. The van der Waals surface area contributed by atoms with Gasteiger partial charge in [0, 0.05) is 18.1 Å². The van der Waals surface area contributed by atoms with Gasteiger partial charge in [-0.15, -0.1) is 0 Å². The van der Waals surface area contributed by atoms with Crippen LogP contribution in [0.25, 0.3) is 0 Å². The second-order valence-electron chi connectivity index (χ2n) is 5.64. The smallest absolute Gasteiger partial charge is 0.337 e. The summed E-state index contributed by atoms with van der Waals surface area (Å²) in [5, 5.41) is 1.02. The highest BCUT2D eigenvalue weighted by atomic mass is 35.5. The van der Waals surface area contributed by atoms with E-state index in [2.05, 4.69) is 9.46 Å². The van der Waals surface area contributed by atoms with E-state index in [0.717, 1.165) is 5.56 Å². The minimum atomic E-state index is -3.45. The zero-order valence-corrected chi connectivity index (χ0v) is 17.7. The van der Waals surface area contributed by atoms with Crippen molar-refractivity contribution in [3.63, 3.8) is 0 Å². The number of carbonyl (C=O) groups excluding carboxylic acids is 1. The molecule has 2 rings (SSSR count). The molecule has 0 saturated heterocycles. The van der Waals surface area contributed by atoms with Gasteiger partial charge in [0.15, 0.2) is 0 Å². The summed E-state index contributed by atoms with van der Waals surface area (Å²) in [4.78, 5) is 11.4. The Morgan fingerprint density at radius 1 is 1.07 bits per heavy atom. The van der Waals surface area contributed by atoms with Gasteiger partial charge in [0.05, 0.1) is 28.5 Å². The number of hydrogen-bond acceptors (Lipinski definition) is 5. The first kappa shape index (κ1) is 22.0. The number of sulfonamides is 1. The minimum Gasteiger partial charge on any atom is -0.465 e. The van der Waals surface area contributed by atoms with Crippen LogP contribution < -0.4 is 4.72 Å². The second kappa shape index (κ2) is 10.3. The quantitative estimate of drug-likeness (QED) is 0.461. The van der Waals surface area contributed by atoms with Gasteiger partial charge in [0.25, 0.3) is 0 Å². The molecule has 0 aliphatic carbocycles. The number of hydrogen-bond donors (Lipinski definition) is 1. The summed E-state index contributed by atoms with van der Waals surface area (Å²) in [7, 11) is -2.15. The van der Waals surface area contributed by atoms with Crippen LogP contribution in [-0.2, 0) is 26.3 Å². The van der Waals surface area contributed by atoms with Gasteiger partial charge >= 0.3 is 5.97 Å². The number of esters is 1. The molecule has 0 aliphatic heterocycles. The summed E-state index contributed by atoms with van der Waals surface area (Å²) in [6, 6.07) is 11.7. The van der Waals surface area contributed by atoms with E-state index in [1.807, 2.05) is 6.07 Å². The maximum Gasteiger partial charge on any atom is 0.337 e. The number of thioether (sulfide) groups is 1. The Morgan fingerprint density at radius 3 is 2.37 bits per heavy atom. The van der Waals surface area contributed by atoms with E-state index in [4.69, 9.17) is 23.2 Å². The molecule has 146 valence electrons. The number of halogens is 2. The molecule has 9 heteroatoms. The molecular weight excluding hydrogens is 429 g/mol. The standard InChI is InChI=1S/C18H19Cl2NO4S2/c1-25-18(22)15-5-2-13(3-6-15)12-27(23,24)21-8-9-26-11-14-4-7-16(19)17(20)10-14/h2-7,10,21H,8-9,11-12H2,1H3. The molecule has 0 fully saturated rings. The molecule has 0 atom stereocenters. The molecule has 2 aromatic rings. The number of ether oxygens (including phenoxy) is 1. The predicted molar refractivity (Wildman–Crippen MR) is 111 cm³/mol. The Morgan fingerprint density at radius 2 is 1.74 bits per heavy atom. The number of rotatable bonds is 9. The first-order valence-electron chi connectivity index (χ1n) is 7.97. The van der Waals surface area contributed by atoms with E-state index in [-0.39, 0.29) is 5.75 Å². The van der Waals surface area contributed by atoms with E-state index in [9.17, 15) is 13.2 Å². The van der Waals surface area contributed by atoms with Crippen LogP contribution >= 0.6 is 35.0 Å². The molecule has 0 spiro atoms. The van der Waals surface area contributed by atoms with Crippen LogP contribution in [0.5, 0.6) is 0 Å². The lowest BCUT2D eigenvalue weighted by molar-refractivity contribution is 0.0600. The van der Waals surface area contributed by atoms with E-state index in [0.29, 0.717) is 39.2 Å². The largest absolute Gasteiger partial charge is 0.465 e. The molecule has 0 aliphatic rings. The highest BCUT2D eigenvalue weighted by Gasteiger charge is 2.12. The number of methoxy groups -OCH3 is 1. The molecular formula is C18H19Cl2NO4S2. The van der Waals surface area contributed by atoms with E-state index in [1.165, 1.54) is 7.11 Å². The van der Waals surface area contributed by atoms with E-state index < -0.39 is 16.0 Å². The first-order valence-corrected chi connectivity index (χ1v) is 11.5. The van der Waals surface area contributed by atoms with Crippen LogP contribution in [0.3, 0.4) is 0 Å². The van der Waals surface area contributed by atoms with Crippen molar-refractivity contribution in [2.45, 2.75) is 11.5 Å². The Hall–Kier alpha value is -1.25. The Bertz CT molecular complexity index is 887. The van der Waals surface area contributed by atoms with Crippen molar-refractivity contribution in [3.05, 3.63) is 69.2 Å². The third-order valence-electron chi connectivity index (χ3n) is 3.55. The molecule has 0 heterocycles. The van der Waals surface area contributed by atoms with Gasteiger partial charge in [-0.1, -0.05) is 41.4 Å². The Kier molecular flexibility index (Phi) is 8.44. The molecule has 0 saturated carbocycles. The van der Waals surface area contributed by atoms with Crippen LogP contribution in [0.4, 0.5) is 0 Å². The highest BCUT2D eigenvalue weighted by Crippen LogP contribution is 2.24. The van der Waals surface area contributed by atoms with Crippen molar-refractivity contribution < 1.29 is 17.9 Å². The minimum absolute atomic E-state index is 0.147. The lowest BCUT2D eigenvalue weighted by atomic mass is 10.1. The first-order chi connectivity index (χ1) is 12.8. The summed E-state index contributed by atoms with van der Waals surface area (Å²) < 4.78 is 31.5. The monoisotopic (exact) mass is 447 g/mol. The maximum atomic E-state index is 12.1. The molecule has 0 unspecified atom stereocenters. The van der Waals surface area contributed by atoms with Crippen molar-refractivity contribution in [1.82, 2.24) is 4.72 Å². The van der Waals surface area contributed by atoms with Gasteiger partial charge in [-0.25, -0.2) is 17.9 Å². The summed E-state index contributed by atoms with van der Waals surface area (Å²) in [6.45, 7) is 0.328. The van der Waals surface area contributed by atoms with Crippen molar-refractivity contribution >= 4 is 51.0 Å². The number of carbonyl (C=O) groups is 1. The van der Waals surface area contributed by atoms with Gasteiger partial charge in [-0.3, -0.25) is 0 Å². The van der Waals surface area contributed by atoms with Crippen LogP contribution in [0.15, 0.2) is 42.5 Å². The zero-order valence-electron chi connectivity index (χ0n) is 14.6. The molecule has 2 aromatic carbocycles. The van der Waals surface area contributed by atoms with Crippen LogP contribution in [0, 0.1) is 0 Å². The SMILES string of the molecule is COC(=O)c1ccc(CS(=O)(=O)NCCSCc2ccc(Cl)c(Cl)c2)cc1. The van der Waals surface area contributed by atoms with E-state index in [1.54, 1.807) is 48.2 Å². The summed E-state index contributed by atoms with van der Waals surface area (Å²) in [6.07, 6.45) is 0. The lowest BCUT2D eigenvalue weighted by Crippen LogP contribution is -2.27. The fourth-order valence-corrected chi connectivity index (χ4v) is 4.62. The molecule has 5 nitrogen and oxygen atoms in total. The third kappa shape index (κ3) is 7.35. The average Bonchev–Trinajstić information content (AvgIpc) is 2.64. The van der Waals surface area contributed by atoms with E-state index >= 15 is 0 Å². The fraction of sp³-hybridized carbons (Fsp3) is 0.278. The van der Waals surface area contributed by atoms with Gasteiger partial charge in [-0.2, -0.15) is 11.8 Å².